The molecule has 0 amide bonds. The molecule has 0 unspecified atom stereocenters. The molecule has 1 aromatic carbocycles. The predicted octanol–water partition coefficient (Wildman–Crippen LogP) is 5.11. The minimum absolute atomic E-state index is 0.334. The van der Waals surface area contributed by atoms with Gasteiger partial charge in [0, 0.05) is 0 Å². The molecule has 0 spiro atoms. The average Bonchev–Trinajstić information content (AvgIpc) is 2.61. The number of aliphatic hydroxyl groups is 1. The van der Waals surface area contributed by atoms with Crippen LogP contribution in [0.1, 0.15) is 70.3 Å². The van der Waals surface area contributed by atoms with Gasteiger partial charge in [-0.05, 0) is 12.0 Å². The van der Waals surface area contributed by atoms with E-state index in [4.69, 9.17) is 9.47 Å². The van der Waals surface area contributed by atoms with Crippen LogP contribution in [0.15, 0.2) is 30.3 Å². The van der Waals surface area contributed by atoms with Crippen molar-refractivity contribution in [2.75, 3.05) is 19.8 Å². The zero-order valence-corrected chi connectivity index (χ0v) is 15.4. The largest absolute Gasteiger partial charge is 0.391 e. The minimum Gasteiger partial charge on any atom is -0.391 e. The highest BCUT2D eigenvalue weighted by atomic mass is 16.5. The lowest BCUT2D eigenvalue weighted by atomic mass is 10.1. The third kappa shape index (κ3) is 12.5. The summed E-state index contributed by atoms with van der Waals surface area (Å²) in [5.74, 6) is 0. The number of hydrogen-bond acceptors (Lipinski definition) is 3. The van der Waals surface area contributed by atoms with Crippen molar-refractivity contribution >= 4 is 0 Å². The van der Waals surface area contributed by atoms with E-state index < -0.39 is 0 Å². The van der Waals surface area contributed by atoms with Crippen LogP contribution < -0.4 is 0 Å². The first-order valence-corrected chi connectivity index (χ1v) is 9.70. The summed E-state index contributed by atoms with van der Waals surface area (Å²) in [6.45, 7) is 4.40. The normalized spacial score (nSPS) is 12.4. The van der Waals surface area contributed by atoms with Gasteiger partial charge in [0.1, 0.15) is 0 Å². The number of aliphatic hydroxyl groups excluding tert-OH is 1. The molecule has 1 N–H and O–H groups in total. The van der Waals surface area contributed by atoms with Crippen LogP contribution in [-0.4, -0.2) is 31.0 Å². The summed E-state index contributed by atoms with van der Waals surface area (Å²) in [5.41, 5.74) is 1.17. The van der Waals surface area contributed by atoms with Gasteiger partial charge in [-0.15, -0.1) is 0 Å². The molecule has 0 bridgehead atoms. The highest BCUT2D eigenvalue weighted by Gasteiger charge is 2.04. The number of ether oxygens (including phenoxy) is 2. The Balaban J connectivity index is 1.82. The van der Waals surface area contributed by atoms with Crippen LogP contribution in [0.2, 0.25) is 0 Å². The van der Waals surface area contributed by atoms with E-state index in [1.165, 1.54) is 50.5 Å². The Bertz CT molecular complexity index is 367. The van der Waals surface area contributed by atoms with Gasteiger partial charge >= 0.3 is 0 Å². The zero-order chi connectivity index (χ0) is 17.3. The summed E-state index contributed by atoms with van der Waals surface area (Å²) in [6.07, 6.45) is 10.9. The van der Waals surface area contributed by atoms with E-state index in [0.717, 1.165) is 12.8 Å². The molecule has 0 aliphatic rings. The van der Waals surface area contributed by atoms with Gasteiger partial charge in [0.2, 0.25) is 0 Å². The van der Waals surface area contributed by atoms with Crippen molar-refractivity contribution in [3.63, 3.8) is 0 Å². The molecule has 0 aromatic heterocycles. The Labute approximate surface area is 148 Å². The first-order valence-electron chi connectivity index (χ1n) is 9.70. The van der Waals surface area contributed by atoms with E-state index in [2.05, 4.69) is 19.1 Å². The van der Waals surface area contributed by atoms with Crippen LogP contribution in [0.5, 0.6) is 0 Å². The highest BCUT2D eigenvalue weighted by Crippen LogP contribution is 2.10. The topological polar surface area (TPSA) is 38.7 Å². The van der Waals surface area contributed by atoms with E-state index in [1.807, 2.05) is 18.2 Å². The highest BCUT2D eigenvalue weighted by molar-refractivity contribution is 5.13. The van der Waals surface area contributed by atoms with Crippen LogP contribution >= 0.6 is 0 Å². The molecule has 1 aromatic rings. The van der Waals surface area contributed by atoms with Gasteiger partial charge < -0.3 is 14.6 Å². The van der Waals surface area contributed by atoms with Crippen molar-refractivity contribution in [1.82, 2.24) is 0 Å². The Kier molecular flexibility index (Phi) is 13.8. The Morgan fingerprint density at radius 2 is 1.46 bits per heavy atom. The van der Waals surface area contributed by atoms with Crippen LogP contribution in [0.25, 0.3) is 0 Å². The standard InChI is InChI=1S/C21H36O3/c1-2-3-4-5-6-7-8-12-15-21(22)19-24-17-16-23-18-20-13-10-9-11-14-20/h9-11,13-14,21-22H,2-8,12,15-19H2,1H3/t21-/m0/s1. The summed E-state index contributed by atoms with van der Waals surface area (Å²) in [5, 5.41) is 9.89. The van der Waals surface area contributed by atoms with E-state index >= 15 is 0 Å². The number of hydrogen-bond donors (Lipinski definition) is 1. The third-order valence-electron chi connectivity index (χ3n) is 4.18. The fourth-order valence-electron chi connectivity index (χ4n) is 2.70. The van der Waals surface area contributed by atoms with Gasteiger partial charge in [0.15, 0.2) is 0 Å². The summed E-state index contributed by atoms with van der Waals surface area (Å²) in [6, 6.07) is 10.1. The smallest absolute Gasteiger partial charge is 0.0773 e. The third-order valence-corrected chi connectivity index (χ3v) is 4.18. The van der Waals surface area contributed by atoms with E-state index in [9.17, 15) is 5.11 Å². The molecular formula is C21H36O3. The molecule has 0 saturated carbocycles. The van der Waals surface area contributed by atoms with Gasteiger partial charge in [-0.3, -0.25) is 0 Å². The molecule has 0 fully saturated rings. The molecule has 24 heavy (non-hydrogen) atoms. The SMILES string of the molecule is CCCCCCCCCC[C@H](O)COCCOCc1ccccc1. The van der Waals surface area contributed by atoms with Crippen LogP contribution in [0, 0.1) is 0 Å². The summed E-state index contributed by atoms with van der Waals surface area (Å²) >= 11 is 0. The van der Waals surface area contributed by atoms with Gasteiger partial charge in [-0.25, -0.2) is 0 Å². The maximum atomic E-state index is 9.89. The van der Waals surface area contributed by atoms with Crippen LogP contribution in [-0.2, 0) is 16.1 Å². The minimum atomic E-state index is -0.334. The molecule has 0 radical (unpaired) electrons. The molecular weight excluding hydrogens is 300 g/mol. The van der Waals surface area contributed by atoms with Gasteiger partial charge in [0.25, 0.3) is 0 Å². The predicted molar refractivity (Wildman–Crippen MR) is 100 cm³/mol. The summed E-state index contributed by atoms with van der Waals surface area (Å²) < 4.78 is 11.0. The van der Waals surface area contributed by atoms with Crippen molar-refractivity contribution in [2.45, 2.75) is 77.4 Å². The monoisotopic (exact) mass is 336 g/mol. The molecule has 0 saturated heterocycles. The first kappa shape index (κ1) is 21.1. The van der Waals surface area contributed by atoms with Crippen molar-refractivity contribution < 1.29 is 14.6 Å². The Morgan fingerprint density at radius 1 is 0.833 bits per heavy atom. The van der Waals surface area contributed by atoms with Crippen molar-refractivity contribution in [1.29, 1.82) is 0 Å². The quantitative estimate of drug-likeness (QED) is 0.426. The number of benzene rings is 1. The van der Waals surface area contributed by atoms with E-state index in [-0.39, 0.29) is 6.10 Å². The molecule has 0 heterocycles. The van der Waals surface area contributed by atoms with Gasteiger partial charge in [0.05, 0.1) is 32.5 Å². The van der Waals surface area contributed by atoms with Crippen LogP contribution in [0.3, 0.4) is 0 Å². The zero-order valence-electron chi connectivity index (χ0n) is 15.4. The second-order valence-corrected chi connectivity index (χ2v) is 6.53. The van der Waals surface area contributed by atoms with Crippen molar-refractivity contribution in [3.05, 3.63) is 35.9 Å². The summed E-state index contributed by atoms with van der Waals surface area (Å²) in [7, 11) is 0. The second kappa shape index (κ2) is 15.6. The molecule has 138 valence electrons. The van der Waals surface area contributed by atoms with Crippen molar-refractivity contribution in [2.24, 2.45) is 0 Å². The maximum absolute atomic E-state index is 9.89. The van der Waals surface area contributed by atoms with Gasteiger partial charge in [-0.1, -0.05) is 88.6 Å². The van der Waals surface area contributed by atoms with Crippen LogP contribution in [0.4, 0.5) is 0 Å². The lowest BCUT2D eigenvalue weighted by Gasteiger charge is -2.11. The number of rotatable bonds is 16. The molecule has 3 nitrogen and oxygen atoms in total. The average molecular weight is 337 g/mol. The lowest BCUT2D eigenvalue weighted by molar-refractivity contribution is -0.00263. The maximum Gasteiger partial charge on any atom is 0.0773 e. The molecule has 0 aliphatic heterocycles. The second-order valence-electron chi connectivity index (χ2n) is 6.53. The Hall–Kier alpha value is -0.900. The molecule has 1 atom stereocenters. The Morgan fingerprint density at radius 3 is 2.17 bits per heavy atom. The molecule has 1 rings (SSSR count). The number of unbranched alkanes of at least 4 members (excludes halogenated alkanes) is 7. The molecule has 0 aliphatic carbocycles. The van der Waals surface area contributed by atoms with Gasteiger partial charge in [-0.2, -0.15) is 0 Å². The van der Waals surface area contributed by atoms with E-state index in [1.54, 1.807) is 0 Å². The lowest BCUT2D eigenvalue weighted by Crippen LogP contribution is -2.17. The first-order chi connectivity index (χ1) is 11.8. The van der Waals surface area contributed by atoms with E-state index in [0.29, 0.717) is 26.4 Å². The van der Waals surface area contributed by atoms with Crippen molar-refractivity contribution in [3.8, 4) is 0 Å². The molecule has 3 heteroatoms. The fourth-order valence-corrected chi connectivity index (χ4v) is 2.70. The summed E-state index contributed by atoms with van der Waals surface area (Å²) in [4.78, 5) is 0. The fraction of sp³-hybridized carbons (Fsp3) is 0.714.